The molecule has 116 valence electrons. The van der Waals surface area contributed by atoms with Crippen molar-refractivity contribution in [3.63, 3.8) is 0 Å². The van der Waals surface area contributed by atoms with Crippen molar-refractivity contribution in [3.05, 3.63) is 60.3 Å². The molecule has 0 radical (unpaired) electrons. The van der Waals surface area contributed by atoms with Gasteiger partial charge in [-0.25, -0.2) is 0 Å². The zero-order valence-electron chi connectivity index (χ0n) is 12.9. The van der Waals surface area contributed by atoms with Crippen molar-refractivity contribution in [2.24, 2.45) is 0 Å². The average molecular weight is 308 g/mol. The fourth-order valence-electron chi connectivity index (χ4n) is 2.50. The van der Waals surface area contributed by atoms with Gasteiger partial charge in [0.1, 0.15) is 5.75 Å². The van der Waals surface area contributed by atoms with E-state index in [1.54, 1.807) is 31.5 Å². The lowest BCUT2D eigenvalue weighted by Gasteiger charge is -2.04. The van der Waals surface area contributed by atoms with Crippen LogP contribution in [0.4, 0.5) is 5.69 Å². The Kier molecular flexibility index (Phi) is 3.85. The maximum absolute atomic E-state index is 12.6. The fourth-order valence-corrected chi connectivity index (χ4v) is 2.50. The molecule has 1 N–H and O–H groups in total. The summed E-state index contributed by atoms with van der Waals surface area (Å²) in [5, 5.41) is 3.51. The van der Waals surface area contributed by atoms with Crippen LogP contribution in [-0.2, 0) is 0 Å². The van der Waals surface area contributed by atoms with Crippen LogP contribution >= 0.6 is 0 Å². The van der Waals surface area contributed by atoms with Crippen molar-refractivity contribution in [1.82, 2.24) is 4.57 Å². The maximum Gasteiger partial charge on any atom is 0.257 e. The number of carbonyl (C=O) groups is 2. The summed E-state index contributed by atoms with van der Waals surface area (Å²) < 4.78 is 6.69. The second-order valence-corrected chi connectivity index (χ2v) is 5.14. The number of para-hydroxylation sites is 1. The van der Waals surface area contributed by atoms with Gasteiger partial charge in [0.2, 0.25) is 5.91 Å². The first-order valence-corrected chi connectivity index (χ1v) is 7.16. The number of aromatic nitrogens is 1. The molecule has 0 aliphatic heterocycles. The first-order valence-electron chi connectivity index (χ1n) is 7.16. The van der Waals surface area contributed by atoms with E-state index < -0.39 is 0 Å². The predicted molar refractivity (Wildman–Crippen MR) is 89.2 cm³/mol. The topological polar surface area (TPSA) is 60.3 Å². The van der Waals surface area contributed by atoms with E-state index in [-0.39, 0.29) is 11.8 Å². The molecular weight excluding hydrogens is 292 g/mol. The highest BCUT2D eigenvalue weighted by atomic mass is 16.5. The molecule has 0 unspecified atom stereocenters. The number of benzene rings is 2. The Morgan fingerprint density at radius 3 is 2.48 bits per heavy atom. The van der Waals surface area contributed by atoms with Gasteiger partial charge >= 0.3 is 0 Å². The third-order valence-electron chi connectivity index (χ3n) is 3.63. The minimum Gasteiger partial charge on any atom is -0.497 e. The monoisotopic (exact) mass is 308 g/mol. The second-order valence-electron chi connectivity index (χ2n) is 5.14. The molecule has 1 heterocycles. The van der Waals surface area contributed by atoms with Crippen LogP contribution in [0.1, 0.15) is 22.1 Å². The average Bonchev–Trinajstić information content (AvgIpc) is 2.94. The van der Waals surface area contributed by atoms with E-state index in [2.05, 4.69) is 5.32 Å². The smallest absolute Gasteiger partial charge is 0.257 e. The summed E-state index contributed by atoms with van der Waals surface area (Å²) in [4.78, 5) is 24.4. The zero-order chi connectivity index (χ0) is 16.4. The van der Waals surface area contributed by atoms with Crippen LogP contribution in [0.5, 0.6) is 5.75 Å². The molecule has 0 fully saturated rings. The Morgan fingerprint density at radius 2 is 1.83 bits per heavy atom. The van der Waals surface area contributed by atoms with Gasteiger partial charge in [-0.15, -0.1) is 0 Å². The van der Waals surface area contributed by atoms with Crippen LogP contribution < -0.4 is 10.1 Å². The number of ether oxygens (including phenoxy) is 1. The summed E-state index contributed by atoms with van der Waals surface area (Å²) in [5.74, 6) is 0.209. The normalized spacial score (nSPS) is 10.5. The van der Waals surface area contributed by atoms with Gasteiger partial charge in [0, 0.05) is 24.2 Å². The number of hydrogen-bond donors (Lipinski definition) is 1. The molecule has 0 aliphatic rings. The third kappa shape index (κ3) is 2.81. The van der Waals surface area contributed by atoms with Crippen molar-refractivity contribution >= 4 is 28.4 Å². The number of methoxy groups -OCH3 is 1. The van der Waals surface area contributed by atoms with E-state index in [1.165, 1.54) is 11.5 Å². The number of nitrogens with zero attached hydrogens (tertiary/aromatic N) is 1. The summed E-state index contributed by atoms with van der Waals surface area (Å²) in [6.07, 6.45) is 1.56. The Bertz CT molecular complexity index is 882. The van der Waals surface area contributed by atoms with Gasteiger partial charge in [-0.2, -0.15) is 0 Å². The van der Waals surface area contributed by atoms with E-state index in [1.807, 2.05) is 30.3 Å². The lowest BCUT2D eigenvalue weighted by atomic mass is 10.1. The molecule has 23 heavy (non-hydrogen) atoms. The van der Waals surface area contributed by atoms with Gasteiger partial charge in [-0.05, 0) is 30.3 Å². The fraction of sp³-hybridized carbons (Fsp3) is 0.111. The lowest BCUT2D eigenvalue weighted by Crippen LogP contribution is -2.11. The van der Waals surface area contributed by atoms with Crippen LogP contribution in [-0.4, -0.2) is 23.5 Å². The number of carbonyl (C=O) groups excluding carboxylic acids is 2. The molecule has 2 aromatic carbocycles. The molecule has 5 heteroatoms. The maximum atomic E-state index is 12.6. The predicted octanol–water partition coefficient (Wildman–Crippen LogP) is 3.56. The number of rotatable bonds is 3. The Balaban J connectivity index is 2.08. The van der Waals surface area contributed by atoms with Gasteiger partial charge in [-0.3, -0.25) is 14.2 Å². The number of nitrogens with one attached hydrogen (secondary N) is 1. The molecule has 0 spiro atoms. The van der Waals surface area contributed by atoms with Crippen LogP contribution in [0, 0.1) is 0 Å². The standard InChI is InChI=1S/C18H16N2O3/c1-12(21)20-11-16(15-10-14(23-2)8-9-17(15)20)18(22)19-13-6-4-3-5-7-13/h3-11H,1-2H3,(H,19,22). The zero-order valence-corrected chi connectivity index (χ0v) is 12.9. The van der Waals surface area contributed by atoms with Crippen molar-refractivity contribution in [2.75, 3.05) is 12.4 Å². The first-order chi connectivity index (χ1) is 11.1. The lowest BCUT2D eigenvalue weighted by molar-refractivity contribution is 0.0941. The third-order valence-corrected chi connectivity index (χ3v) is 3.63. The van der Waals surface area contributed by atoms with Gasteiger partial charge in [0.05, 0.1) is 18.2 Å². The minimum absolute atomic E-state index is 0.154. The molecule has 1 aromatic heterocycles. The summed E-state index contributed by atoms with van der Waals surface area (Å²) in [6.45, 7) is 1.46. The number of amides is 1. The van der Waals surface area contributed by atoms with Gasteiger partial charge in [-0.1, -0.05) is 18.2 Å². The summed E-state index contributed by atoms with van der Waals surface area (Å²) in [6, 6.07) is 14.5. The molecule has 3 aromatic rings. The summed E-state index contributed by atoms with van der Waals surface area (Å²) in [7, 11) is 1.56. The van der Waals surface area contributed by atoms with Gasteiger partial charge < -0.3 is 10.1 Å². The molecule has 3 rings (SSSR count). The van der Waals surface area contributed by atoms with E-state index in [0.29, 0.717) is 27.9 Å². The molecule has 1 amide bonds. The first kappa shape index (κ1) is 14.8. The van der Waals surface area contributed by atoms with E-state index in [0.717, 1.165) is 0 Å². The Hall–Kier alpha value is -3.08. The highest BCUT2D eigenvalue weighted by Gasteiger charge is 2.17. The van der Waals surface area contributed by atoms with Crippen LogP contribution in [0.3, 0.4) is 0 Å². The quantitative estimate of drug-likeness (QED) is 0.804. The number of hydrogen-bond acceptors (Lipinski definition) is 3. The molecule has 0 saturated carbocycles. The van der Waals surface area contributed by atoms with Crippen molar-refractivity contribution in [3.8, 4) is 5.75 Å². The molecule has 0 saturated heterocycles. The van der Waals surface area contributed by atoms with E-state index in [4.69, 9.17) is 4.74 Å². The van der Waals surface area contributed by atoms with Crippen molar-refractivity contribution < 1.29 is 14.3 Å². The Labute approximate surface area is 133 Å². The number of fused-ring (bicyclic) bond motifs is 1. The van der Waals surface area contributed by atoms with Crippen molar-refractivity contribution in [2.45, 2.75) is 6.92 Å². The van der Waals surface area contributed by atoms with Crippen LogP contribution in [0.2, 0.25) is 0 Å². The highest BCUT2D eigenvalue weighted by Crippen LogP contribution is 2.26. The van der Waals surface area contributed by atoms with Crippen LogP contribution in [0.15, 0.2) is 54.7 Å². The minimum atomic E-state index is -0.269. The largest absolute Gasteiger partial charge is 0.497 e. The van der Waals surface area contributed by atoms with Crippen molar-refractivity contribution in [1.29, 1.82) is 0 Å². The number of anilines is 1. The van der Waals surface area contributed by atoms with Crippen LogP contribution in [0.25, 0.3) is 10.9 Å². The summed E-state index contributed by atoms with van der Waals surface area (Å²) in [5.41, 5.74) is 1.80. The second kappa shape index (κ2) is 5.96. The molecular formula is C18H16N2O3. The molecule has 5 nitrogen and oxygen atoms in total. The summed E-state index contributed by atoms with van der Waals surface area (Å²) >= 11 is 0. The molecule has 0 aliphatic carbocycles. The highest BCUT2D eigenvalue weighted by molar-refractivity contribution is 6.14. The molecule has 0 atom stereocenters. The Morgan fingerprint density at radius 1 is 1.09 bits per heavy atom. The SMILES string of the molecule is COc1ccc2c(c1)c(C(=O)Nc1ccccc1)cn2C(C)=O. The van der Waals surface area contributed by atoms with E-state index in [9.17, 15) is 9.59 Å². The van der Waals surface area contributed by atoms with E-state index >= 15 is 0 Å². The molecule has 0 bridgehead atoms. The van der Waals surface area contributed by atoms with Gasteiger partial charge in [0.25, 0.3) is 5.91 Å². The van der Waals surface area contributed by atoms with Gasteiger partial charge in [0.15, 0.2) is 0 Å².